The lowest BCUT2D eigenvalue weighted by atomic mass is 10.1. The Kier molecular flexibility index (Phi) is 3.15. The number of fused-ring (bicyclic) bond motifs is 1. The van der Waals surface area contributed by atoms with E-state index in [1.807, 2.05) is 12.1 Å². The van der Waals surface area contributed by atoms with Crippen molar-refractivity contribution in [2.75, 3.05) is 13.7 Å². The van der Waals surface area contributed by atoms with Crippen LogP contribution in [0, 0.1) is 0 Å². The third-order valence-corrected chi connectivity index (χ3v) is 2.92. The van der Waals surface area contributed by atoms with Gasteiger partial charge in [0.1, 0.15) is 5.75 Å². The monoisotopic (exact) mass is 218 g/mol. The molecular formula is C13H18N2O. The summed E-state index contributed by atoms with van der Waals surface area (Å²) >= 11 is 0. The highest BCUT2D eigenvalue weighted by Crippen LogP contribution is 2.30. The Morgan fingerprint density at radius 2 is 2.19 bits per heavy atom. The van der Waals surface area contributed by atoms with Crippen molar-refractivity contribution in [3.63, 3.8) is 0 Å². The lowest BCUT2D eigenvalue weighted by Gasteiger charge is -2.04. The zero-order valence-electron chi connectivity index (χ0n) is 9.86. The van der Waals surface area contributed by atoms with Gasteiger partial charge in [-0.25, -0.2) is 0 Å². The Labute approximate surface area is 95.8 Å². The molecule has 0 saturated heterocycles. The second kappa shape index (κ2) is 4.58. The average molecular weight is 218 g/mol. The van der Waals surface area contributed by atoms with Gasteiger partial charge in [0, 0.05) is 18.6 Å². The van der Waals surface area contributed by atoms with E-state index in [-0.39, 0.29) is 0 Å². The van der Waals surface area contributed by atoms with E-state index in [4.69, 9.17) is 10.5 Å². The van der Waals surface area contributed by atoms with Gasteiger partial charge in [-0.1, -0.05) is 6.07 Å². The average Bonchev–Trinajstić information content (AvgIpc) is 2.64. The molecule has 86 valence electrons. The molecule has 3 heteroatoms. The van der Waals surface area contributed by atoms with E-state index in [0.29, 0.717) is 0 Å². The first-order valence-corrected chi connectivity index (χ1v) is 5.59. The summed E-state index contributed by atoms with van der Waals surface area (Å²) in [6, 6.07) is 6.14. The van der Waals surface area contributed by atoms with Gasteiger partial charge >= 0.3 is 0 Å². The third-order valence-electron chi connectivity index (χ3n) is 2.92. The van der Waals surface area contributed by atoms with Crippen molar-refractivity contribution in [3.8, 4) is 5.75 Å². The van der Waals surface area contributed by atoms with Crippen molar-refractivity contribution >= 4 is 10.9 Å². The molecule has 0 bridgehead atoms. The lowest BCUT2D eigenvalue weighted by Crippen LogP contribution is -2.00. The van der Waals surface area contributed by atoms with Crippen LogP contribution in [0.5, 0.6) is 5.75 Å². The Morgan fingerprint density at radius 3 is 2.88 bits per heavy atom. The first-order valence-electron chi connectivity index (χ1n) is 5.59. The normalized spacial score (nSPS) is 10.9. The largest absolute Gasteiger partial charge is 0.496 e. The molecule has 2 N–H and O–H groups in total. The smallest absolute Gasteiger partial charge is 0.128 e. The second-order valence-electron chi connectivity index (χ2n) is 4.01. The number of ether oxygens (including phenoxy) is 1. The standard InChI is InChI=1S/C13H18N2O/c1-15-9-10(5-4-8-14)13-11(15)6-3-7-12(13)16-2/h3,6-7,9H,4-5,8,14H2,1-2H3. The highest BCUT2D eigenvalue weighted by molar-refractivity contribution is 5.90. The number of nitrogens with zero attached hydrogens (tertiary/aromatic N) is 1. The molecule has 0 saturated carbocycles. The molecule has 0 aliphatic heterocycles. The molecule has 1 aromatic heterocycles. The maximum absolute atomic E-state index is 5.56. The summed E-state index contributed by atoms with van der Waals surface area (Å²) < 4.78 is 7.56. The molecule has 16 heavy (non-hydrogen) atoms. The molecule has 3 nitrogen and oxygen atoms in total. The minimum Gasteiger partial charge on any atom is -0.496 e. The molecule has 1 heterocycles. The number of hydrogen-bond acceptors (Lipinski definition) is 2. The third kappa shape index (κ3) is 1.78. The van der Waals surface area contributed by atoms with Gasteiger partial charge in [-0.2, -0.15) is 0 Å². The highest BCUT2D eigenvalue weighted by atomic mass is 16.5. The minimum atomic E-state index is 0.728. The van der Waals surface area contributed by atoms with Crippen molar-refractivity contribution in [2.24, 2.45) is 12.8 Å². The Hall–Kier alpha value is -1.48. The summed E-state index contributed by atoms with van der Waals surface area (Å²) in [5, 5.41) is 1.22. The molecule has 0 atom stereocenters. The van der Waals surface area contributed by atoms with Gasteiger partial charge in [0.15, 0.2) is 0 Å². The maximum Gasteiger partial charge on any atom is 0.128 e. The molecular weight excluding hydrogens is 200 g/mol. The molecule has 0 aliphatic rings. The minimum absolute atomic E-state index is 0.728. The number of nitrogens with two attached hydrogens (primary N) is 1. The van der Waals surface area contributed by atoms with E-state index in [1.54, 1.807) is 7.11 Å². The molecule has 2 aromatic rings. The van der Waals surface area contributed by atoms with Crippen LogP contribution in [0.4, 0.5) is 0 Å². The number of hydrogen-bond donors (Lipinski definition) is 1. The number of benzene rings is 1. The van der Waals surface area contributed by atoms with Crippen LogP contribution in [0.1, 0.15) is 12.0 Å². The SMILES string of the molecule is COc1cccc2c1c(CCCN)cn2C. The van der Waals surface area contributed by atoms with Crippen LogP contribution >= 0.6 is 0 Å². The fourth-order valence-electron chi connectivity index (χ4n) is 2.16. The maximum atomic E-state index is 5.56. The van der Waals surface area contributed by atoms with Gasteiger partial charge < -0.3 is 15.0 Å². The van der Waals surface area contributed by atoms with E-state index in [2.05, 4.69) is 23.9 Å². The number of methoxy groups -OCH3 is 1. The van der Waals surface area contributed by atoms with Crippen molar-refractivity contribution < 1.29 is 4.74 Å². The topological polar surface area (TPSA) is 40.2 Å². The molecule has 0 spiro atoms. The zero-order valence-corrected chi connectivity index (χ0v) is 9.86. The van der Waals surface area contributed by atoms with Crippen LogP contribution in [0.25, 0.3) is 10.9 Å². The van der Waals surface area contributed by atoms with Gasteiger partial charge in [-0.15, -0.1) is 0 Å². The fourth-order valence-corrected chi connectivity index (χ4v) is 2.16. The van der Waals surface area contributed by atoms with Gasteiger partial charge in [0.25, 0.3) is 0 Å². The van der Waals surface area contributed by atoms with Gasteiger partial charge in [0.05, 0.1) is 12.6 Å². The van der Waals surface area contributed by atoms with Crippen LogP contribution in [0.2, 0.25) is 0 Å². The van der Waals surface area contributed by atoms with Crippen LogP contribution in [-0.4, -0.2) is 18.2 Å². The van der Waals surface area contributed by atoms with Gasteiger partial charge in [0.2, 0.25) is 0 Å². The molecule has 0 aliphatic carbocycles. The zero-order chi connectivity index (χ0) is 11.5. The van der Waals surface area contributed by atoms with E-state index >= 15 is 0 Å². The van der Waals surface area contributed by atoms with Crippen LogP contribution in [0.15, 0.2) is 24.4 Å². The first-order chi connectivity index (χ1) is 7.77. The summed E-state index contributed by atoms with van der Waals surface area (Å²) in [4.78, 5) is 0. The Bertz CT molecular complexity index is 488. The van der Waals surface area contributed by atoms with Crippen LogP contribution in [0.3, 0.4) is 0 Å². The van der Waals surface area contributed by atoms with Crippen molar-refractivity contribution in [3.05, 3.63) is 30.0 Å². The van der Waals surface area contributed by atoms with E-state index in [9.17, 15) is 0 Å². The predicted octanol–water partition coefficient (Wildman–Crippen LogP) is 2.08. The number of aryl methyl sites for hydroxylation is 2. The molecule has 2 rings (SSSR count). The van der Waals surface area contributed by atoms with E-state index < -0.39 is 0 Å². The van der Waals surface area contributed by atoms with Crippen LogP contribution in [-0.2, 0) is 13.5 Å². The van der Waals surface area contributed by atoms with Gasteiger partial charge in [-0.05, 0) is 37.1 Å². The Morgan fingerprint density at radius 1 is 1.38 bits per heavy atom. The molecule has 1 aromatic carbocycles. The predicted molar refractivity (Wildman–Crippen MR) is 66.8 cm³/mol. The molecule has 0 radical (unpaired) electrons. The summed E-state index contributed by atoms with van der Waals surface area (Å²) in [5.41, 5.74) is 8.09. The van der Waals surface area contributed by atoms with Crippen molar-refractivity contribution in [1.29, 1.82) is 0 Å². The van der Waals surface area contributed by atoms with Crippen molar-refractivity contribution in [1.82, 2.24) is 4.57 Å². The van der Waals surface area contributed by atoms with Gasteiger partial charge in [-0.3, -0.25) is 0 Å². The quantitative estimate of drug-likeness (QED) is 0.853. The molecule has 0 fully saturated rings. The summed E-state index contributed by atoms with van der Waals surface area (Å²) in [6.07, 6.45) is 4.19. The lowest BCUT2D eigenvalue weighted by molar-refractivity contribution is 0.419. The molecule has 0 amide bonds. The summed E-state index contributed by atoms with van der Waals surface area (Å²) in [7, 11) is 3.78. The fraction of sp³-hybridized carbons (Fsp3) is 0.385. The Balaban J connectivity index is 2.55. The first kappa shape index (κ1) is 11.0. The van der Waals surface area contributed by atoms with Crippen molar-refractivity contribution in [2.45, 2.75) is 12.8 Å². The summed E-state index contributed by atoms with van der Waals surface area (Å²) in [6.45, 7) is 0.728. The van der Waals surface area contributed by atoms with Crippen LogP contribution < -0.4 is 10.5 Å². The second-order valence-corrected chi connectivity index (χ2v) is 4.01. The number of rotatable bonds is 4. The summed E-state index contributed by atoms with van der Waals surface area (Å²) in [5.74, 6) is 0.949. The van der Waals surface area contributed by atoms with E-state index in [0.717, 1.165) is 25.1 Å². The molecule has 0 unspecified atom stereocenters. The number of aromatic nitrogens is 1. The highest BCUT2D eigenvalue weighted by Gasteiger charge is 2.10. The van der Waals surface area contributed by atoms with E-state index in [1.165, 1.54) is 16.5 Å².